The van der Waals surface area contributed by atoms with E-state index in [0.29, 0.717) is 18.0 Å². The van der Waals surface area contributed by atoms with Crippen LogP contribution in [0.5, 0.6) is 0 Å². The number of hydrogen-bond donors (Lipinski definition) is 2. The normalized spacial score (nSPS) is 14.4. The van der Waals surface area contributed by atoms with E-state index in [0.717, 1.165) is 56.9 Å². The largest absolute Gasteiger partial charge is 0.387 e. The number of aliphatic hydroxyl groups is 1. The Kier molecular flexibility index (Phi) is 5.74. The lowest BCUT2D eigenvalue weighted by Crippen LogP contribution is -2.01. The van der Waals surface area contributed by atoms with Crippen LogP contribution in [-0.2, 0) is 4.79 Å². The van der Waals surface area contributed by atoms with Crippen molar-refractivity contribution in [3.05, 3.63) is 35.9 Å². The molecule has 0 aliphatic heterocycles. The van der Waals surface area contributed by atoms with Crippen LogP contribution < -0.4 is 5.32 Å². The number of fused-ring (bicyclic) bond motifs is 3. The van der Waals surface area contributed by atoms with Crippen molar-refractivity contribution in [3.63, 3.8) is 0 Å². The third-order valence-corrected chi connectivity index (χ3v) is 6.14. The highest BCUT2D eigenvalue weighted by atomic mass is 32.1. The van der Waals surface area contributed by atoms with Crippen LogP contribution in [0.1, 0.15) is 43.5 Å². The first-order valence-corrected chi connectivity index (χ1v) is 10.8. The monoisotopic (exact) mass is 424 g/mol. The van der Waals surface area contributed by atoms with Gasteiger partial charge < -0.3 is 15.2 Å². The van der Waals surface area contributed by atoms with Crippen molar-refractivity contribution in [3.8, 4) is 11.1 Å². The number of rotatable bonds is 5. The van der Waals surface area contributed by atoms with Gasteiger partial charge in [0.25, 0.3) is 0 Å². The molecular formula is C21H24N6O2S. The number of aldehydes is 1. The van der Waals surface area contributed by atoms with Gasteiger partial charge in [-0.2, -0.15) is 5.10 Å². The molecule has 0 amide bonds. The number of carbonyl (C=O) groups excluding carboxylic acids is 1. The Balaban J connectivity index is 0.000000383. The SMILES string of the molecule is CCC(O)c1cc(C)c(-c2cc3nc(NC)sc3n3ncnc23)cn1.O=CC1CC1. The summed E-state index contributed by atoms with van der Waals surface area (Å²) in [7, 11) is 1.85. The van der Waals surface area contributed by atoms with E-state index in [1.54, 1.807) is 12.5 Å². The molecule has 4 aromatic rings. The summed E-state index contributed by atoms with van der Waals surface area (Å²) in [6.07, 6.45) is 6.75. The smallest absolute Gasteiger partial charge is 0.185 e. The fourth-order valence-corrected chi connectivity index (χ4v) is 3.99. The van der Waals surface area contributed by atoms with Gasteiger partial charge in [0.15, 0.2) is 10.8 Å². The average Bonchev–Trinajstić information content (AvgIpc) is 3.31. The molecule has 0 aromatic carbocycles. The number of nitrogens with zero attached hydrogens (tertiary/aromatic N) is 5. The van der Waals surface area contributed by atoms with E-state index in [4.69, 9.17) is 0 Å². The zero-order chi connectivity index (χ0) is 21.3. The predicted octanol–water partition coefficient (Wildman–Crippen LogP) is 3.79. The standard InChI is InChI=1S/C17H18N6OS.C4H6O/c1-4-14(24)12-5-9(2)11(7-19-12)10-6-13-16(25-17(18-3)22-13)23-15(10)20-8-21-23;5-3-4-1-2-4/h5-8,14,24H,4H2,1-3H3,(H,18,22);3-4H,1-2H2. The Bertz CT molecular complexity index is 1200. The van der Waals surface area contributed by atoms with Gasteiger partial charge in [-0.3, -0.25) is 4.98 Å². The highest BCUT2D eigenvalue weighted by Gasteiger charge is 2.19. The fourth-order valence-electron chi connectivity index (χ4n) is 3.13. The summed E-state index contributed by atoms with van der Waals surface area (Å²) in [6.45, 7) is 3.95. The first-order chi connectivity index (χ1) is 14.5. The summed E-state index contributed by atoms with van der Waals surface area (Å²) in [5, 5.41) is 18.3. The molecule has 9 heteroatoms. The zero-order valence-electron chi connectivity index (χ0n) is 17.2. The maximum atomic E-state index is 10.0. The van der Waals surface area contributed by atoms with Crippen LogP contribution in [0, 0.1) is 12.8 Å². The number of aromatic nitrogens is 5. The maximum Gasteiger partial charge on any atom is 0.185 e. The predicted molar refractivity (Wildman–Crippen MR) is 118 cm³/mol. The van der Waals surface area contributed by atoms with Crippen molar-refractivity contribution in [2.24, 2.45) is 5.92 Å². The molecular weight excluding hydrogens is 400 g/mol. The van der Waals surface area contributed by atoms with Gasteiger partial charge in [0.1, 0.15) is 23.0 Å². The highest BCUT2D eigenvalue weighted by Crippen LogP contribution is 2.34. The molecule has 8 nitrogen and oxygen atoms in total. The Hall–Kier alpha value is -2.91. The second-order valence-electron chi connectivity index (χ2n) is 7.33. The second kappa shape index (κ2) is 8.45. The lowest BCUT2D eigenvalue weighted by molar-refractivity contribution is -0.108. The molecule has 2 N–H and O–H groups in total. The first-order valence-electron chi connectivity index (χ1n) is 9.97. The Morgan fingerprint density at radius 2 is 2.13 bits per heavy atom. The van der Waals surface area contributed by atoms with Crippen molar-refractivity contribution in [1.29, 1.82) is 0 Å². The van der Waals surface area contributed by atoms with Crippen LogP contribution in [0.2, 0.25) is 0 Å². The molecule has 0 bridgehead atoms. The van der Waals surface area contributed by atoms with Crippen molar-refractivity contribution in [2.45, 2.75) is 39.2 Å². The van der Waals surface area contributed by atoms with Gasteiger partial charge in [-0.1, -0.05) is 18.3 Å². The van der Waals surface area contributed by atoms with Gasteiger partial charge in [-0.25, -0.2) is 14.5 Å². The molecule has 1 aliphatic rings. The minimum absolute atomic E-state index is 0.454. The Labute approximate surface area is 178 Å². The third kappa shape index (κ3) is 3.90. The topological polar surface area (TPSA) is 105 Å². The maximum absolute atomic E-state index is 10.0. The van der Waals surface area contributed by atoms with Crippen molar-refractivity contribution in [1.82, 2.24) is 24.6 Å². The molecule has 4 aromatic heterocycles. The van der Waals surface area contributed by atoms with Crippen molar-refractivity contribution in [2.75, 3.05) is 12.4 Å². The van der Waals surface area contributed by atoms with Gasteiger partial charge in [-0.05, 0) is 43.9 Å². The van der Waals surface area contributed by atoms with E-state index in [-0.39, 0.29) is 0 Å². The van der Waals surface area contributed by atoms with E-state index in [9.17, 15) is 9.90 Å². The molecule has 1 aliphatic carbocycles. The van der Waals surface area contributed by atoms with Gasteiger partial charge >= 0.3 is 0 Å². The molecule has 1 atom stereocenters. The molecule has 0 radical (unpaired) electrons. The number of nitrogens with one attached hydrogen (secondary N) is 1. The van der Waals surface area contributed by atoms with E-state index in [1.807, 2.05) is 37.5 Å². The van der Waals surface area contributed by atoms with Crippen molar-refractivity contribution < 1.29 is 9.90 Å². The number of aryl methyl sites for hydroxylation is 1. The van der Waals surface area contributed by atoms with Gasteiger partial charge in [0.05, 0.1) is 11.8 Å². The fraction of sp³-hybridized carbons (Fsp3) is 0.381. The van der Waals surface area contributed by atoms with Crippen LogP contribution >= 0.6 is 11.3 Å². The summed E-state index contributed by atoms with van der Waals surface area (Å²) in [6, 6.07) is 3.96. The number of hydrogen-bond acceptors (Lipinski definition) is 8. The molecule has 4 heterocycles. The molecule has 1 fully saturated rings. The molecule has 156 valence electrons. The van der Waals surface area contributed by atoms with E-state index in [1.165, 1.54) is 11.3 Å². The number of thiazole rings is 1. The summed E-state index contributed by atoms with van der Waals surface area (Å²) < 4.78 is 1.82. The van der Waals surface area contributed by atoms with Crippen LogP contribution in [-0.4, -0.2) is 43.0 Å². The van der Waals surface area contributed by atoms with Gasteiger partial charge in [0.2, 0.25) is 0 Å². The molecule has 5 rings (SSSR count). The van der Waals surface area contributed by atoms with E-state index in [2.05, 4.69) is 25.4 Å². The zero-order valence-corrected chi connectivity index (χ0v) is 18.0. The Morgan fingerprint density at radius 1 is 1.33 bits per heavy atom. The number of carbonyl (C=O) groups is 1. The summed E-state index contributed by atoms with van der Waals surface area (Å²) in [4.78, 5) is 24.0. The molecule has 1 unspecified atom stereocenters. The lowest BCUT2D eigenvalue weighted by Gasteiger charge is -2.12. The van der Waals surface area contributed by atoms with E-state index >= 15 is 0 Å². The number of aliphatic hydroxyl groups excluding tert-OH is 1. The number of pyridine rings is 2. The first kappa shape index (κ1) is 20.4. The molecule has 0 spiro atoms. The number of anilines is 1. The molecule has 1 saturated carbocycles. The minimum atomic E-state index is -0.542. The second-order valence-corrected chi connectivity index (χ2v) is 8.31. The molecule has 30 heavy (non-hydrogen) atoms. The van der Waals surface area contributed by atoms with Crippen LogP contribution in [0.25, 0.3) is 27.1 Å². The quantitative estimate of drug-likeness (QED) is 0.470. The summed E-state index contributed by atoms with van der Waals surface area (Å²) in [5.41, 5.74) is 5.25. The molecule has 0 saturated heterocycles. The average molecular weight is 425 g/mol. The third-order valence-electron chi connectivity index (χ3n) is 5.08. The highest BCUT2D eigenvalue weighted by molar-refractivity contribution is 7.21. The minimum Gasteiger partial charge on any atom is -0.387 e. The van der Waals surface area contributed by atoms with E-state index < -0.39 is 6.10 Å². The Morgan fingerprint density at radius 3 is 2.73 bits per heavy atom. The lowest BCUT2D eigenvalue weighted by atomic mass is 10.0. The summed E-state index contributed by atoms with van der Waals surface area (Å²) in [5.74, 6) is 0.454. The van der Waals surface area contributed by atoms with Gasteiger partial charge in [-0.15, -0.1) is 0 Å². The van der Waals surface area contributed by atoms with Crippen LogP contribution in [0.4, 0.5) is 5.13 Å². The summed E-state index contributed by atoms with van der Waals surface area (Å²) >= 11 is 1.54. The van der Waals surface area contributed by atoms with Gasteiger partial charge in [0, 0.05) is 30.3 Å². The van der Waals surface area contributed by atoms with Crippen molar-refractivity contribution >= 4 is 38.7 Å². The van der Waals surface area contributed by atoms with Crippen LogP contribution in [0.15, 0.2) is 24.7 Å². The van der Waals surface area contributed by atoms with Crippen LogP contribution in [0.3, 0.4) is 0 Å².